The zero-order chi connectivity index (χ0) is 17.1. The van der Waals surface area contributed by atoms with Crippen molar-refractivity contribution in [2.24, 2.45) is 0 Å². The van der Waals surface area contributed by atoms with Gasteiger partial charge in [-0.3, -0.25) is 4.79 Å². The molecule has 1 amide bonds. The molecule has 2 rings (SSSR count). The Kier molecular flexibility index (Phi) is 5.82. The predicted molar refractivity (Wildman–Crippen MR) is 89.6 cm³/mol. The van der Waals surface area contributed by atoms with Crippen LogP contribution in [0.5, 0.6) is 0 Å². The number of carbonyl (C=O) groups excluding carboxylic acids is 1. The molecular formula is C13H20N2O5S3. The van der Waals surface area contributed by atoms with Crippen molar-refractivity contribution in [2.75, 3.05) is 30.9 Å². The van der Waals surface area contributed by atoms with Gasteiger partial charge < -0.3 is 5.32 Å². The minimum Gasteiger partial charge on any atom is -0.354 e. The summed E-state index contributed by atoms with van der Waals surface area (Å²) in [5.74, 6) is -0.322. The third kappa shape index (κ3) is 5.55. The molecule has 2 heterocycles. The van der Waals surface area contributed by atoms with Gasteiger partial charge in [0.25, 0.3) is 0 Å². The number of nitrogens with one attached hydrogen (secondary N) is 1. The molecule has 0 bridgehead atoms. The van der Waals surface area contributed by atoms with Gasteiger partial charge in [0.1, 0.15) is 0 Å². The summed E-state index contributed by atoms with van der Waals surface area (Å²) >= 11 is 1.48. The van der Waals surface area contributed by atoms with Gasteiger partial charge >= 0.3 is 0 Å². The minimum atomic E-state index is -3.53. The zero-order valence-electron chi connectivity index (χ0n) is 12.8. The van der Waals surface area contributed by atoms with E-state index in [0.717, 1.165) is 11.1 Å². The molecule has 7 nitrogen and oxygen atoms in total. The van der Waals surface area contributed by atoms with Crippen LogP contribution in [0.15, 0.2) is 17.5 Å². The Balaban J connectivity index is 1.88. The van der Waals surface area contributed by atoms with Crippen LogP contribution in [0.3, 0.4) is 0 Å². The van der Waals surface area contributed by atoms with E-state index >= 15 is 0 Å². The molecule has 1 unspecified atom stereocenters. The number of thiophene rings is 1. The van der Waals surface area contributed by atoms with Crippen LogP contribution in [-0.2, 0) is 31.1 Å². The maximum atomic E-state index is 11.9. The monoisotopic (exact) mass is 380 g/mol. The highest BCUT2D eigenvalue weighted by Crippen LogP contribution is 2.19. The summed E-state index contributed by atoms with van der Waals surface area (Å²) in [6.07, 6.45) is 1.62. The molecule has 0 saturated carbocycles. The second-order valence-electron chi connectivity index (χ2n) is 5.54. The topological polar surface area (TPSA) is 101 Å². The van der Waals surface area contributed by atoms with E-state index in [-0.39, 0.29) is 36.9 Å². The number of sulfone groups is 1. The van der Waals surface area contributed by atoms with Crippen molar-refractivity contribution < 1.29 is 21.6 Å². The number of nitrogens with zero attached hydrogens (tertiary/aromatic N) is 1. The fourth-order valence-corrected chi connectivity index (χ4v) is 6.23. The maximum Gasteiger partial charge on any atom is 0.225 e. The van der Waals surface area contributed by atoms with Crippen LogP contribution in [-0.4, -0.2) is 63.9 Å². The fourth-order valence-electron chi connectivity index (χ4n) is 2.56. The number of hydrogen-bond donors (Lipinski definition) is 1. The Morgan fingerprint density at radius 1 is 1.48 bits per heavy atom. The highest BCUT2D eigenvalue weighted by molar-refractivity contribution is 7.92. The second-order valence-corrected chi connectivity index (χ2v) is 10.7. The first-order valence-electron chi connectivity index (χ1n) is 7.14. The van der Waals surface area contributed by atoms with Crippen molar-refractivity contribution in [1.29, 1.82) is 0 Å². The quantitative estimate of drug-likeness (QED) is 0.709. The number of rotatable bonds is 7. The molecular weight excluding hydrogens is 360 g/mol. The number of carbonyl (C=O) groups is 1. The molecule has 1 aromatic rings. The predicted octanol–water partition coefficient (Wildman–Crippen LogP) is -0.144. The Morgan fingerprint density at radius 3 is 2.74 bits per heavy atom. The molecule has 1 aliphatic rings. The van der Waals surface area contributed by atoms with Crippen LogP contribution in [0.2, 0.25) is 0 Å². The summed E-state index contributed by atoms with van der Waals surface area (Å²) in [6.45, 7) is 0.239. The van der Waals surface area contributed by atoms with Crippen molar-refractivity contribution >= 4 is 37.1 Å². The highest BCUT2D eigenvalue weighted by atomic mass is 32.2. The van der Waals surface area contributed by atoms with Gasteiger partial charge in [0.2, 0.25) is 15.9 Å². The van der Waals surface area contributed by atoms with Crippen molar-refractivity contribution in [2.45, 2.75) is 18.9 Å². The molecule has 1 aliphatic heterocycles. The van der Waals surface area contributed by atoms with E-state index in [1.807, 2.05) is 17.5 Å². The summed E-state index contributed by atoms with van der Waals surface area (Å²) in [6, 6.07) is 3.18. The van der Waals surface area contributed by atoms with E-state index in [1.165, 1.54) is 15.6 Å². The largest absolute Gasteiger partial charge is 0.354 e. The van der Waals surface area contributed by atoms with Gasteiger partial charge in [-0.2, -0.15) is 4.31 Å². The molecule has 23 heavy (non-hydrogen) atoms. The molecule has 0 radical (unpaired) electrons. The Morgan fingerprint density at radius 2 is 2.22 bits per heavy atom. The summed E-state index contributed by atoms with van der Waals surface area (Å²) in [5, 5.41) is 4.56. The molecule has 1 atom stereocenters. The van der Waals surface area contributed by atoms with E-state index < -0.39 is 25.9 Å². The van der Waals surface area contributed by atoms with E-state index in [0.29, 0.717) is 6.42 Å². The minimum absolute atomic E-state index is 0.00836. The van der Waals surface area contributed by atoms with Crippen molar-refractivity contribution in [3.63, 3.8) is 0 Å². The Hall–Kier alpha value is -0.970. The molecule has 1 aromatic heterocycles. The van der Waals surface area contributed by atoms with Crippen molar-refractivity contribution in [3.8, 4) is 0 Å². The average Bonchev–Trinajstić information content (AvgIpc) is 3.02. The van der Waals surface area contributed by atoms with Gasteiger partial charge in [-0.05, 0) is 17.9 Å². The van der Waals surface area contributed by atoms with Gasteiger partial charge in [-0.25, -0.2) is 16.8 Å². The Labute approximate surface area is 140 Å². The number of sulfonamides is 1. The summed E-state index contributed by atoms with van der Waals surface area (Å²) in [4.78, 5) is 12.7. The Bertz CT molecular complexity index is 741. The lowest BCUT2D eigenvalue weighted by Gasteiger charge is -2.25. The van der Waals surface area contributed by atoms with Gasteiger partial charge in [0.05, 0.1) is 24.2 Å². The van der Waals surface area contributed by atoms with Crippen LogP contribution in [0.4, 0.5) is 0 Å². The van der Waals surface area contributed by atoms with E-state index in [4.69, 9.17) is 0 Å². The standard InChI is InChI=1S/C13H20N2O5S3/c1-22(17,18)15(11-4-8-23(19,20)10-11)6-5-14-13(16)9-12-3-2-7-21-12/h2-3,7,11H,4-6,8-10H2,1H3,(H,14,16). The normalized spacial score (nSPS) is 20.7. The first-order valence-corrected chi connectivity index (χ1v) is 11.7. The van der Waals surface area contributed by atoms with E-state index in [1.54, 1.807) is 0 Å². The summed E-state index contributed by atoms with van der Waals surface area (Å²) < 4.78 is 48.0. The van der Waals surface area contributed by atoms with Gasteiger partial charge in [-0.15, -0.1) is 11.3 Å². The van der Waals surface area contributed by atoms with Crippen molar-refractivity contribution in [1.82, 2.24) is 9.62 Å². The lowest BCUT2D eigenvalue weighted by molar-refractivity contribution is -0.120. The molecule has 0 spiro atoms. The molecule has 0 aliphatic carbocycles. The van der Waals surface area contributed by atoms with Crippen LogP contribution < -0.4 is 5.32 Å². The molecule has 1 N–H and O–H groups in total. The molecule has 10 heteroatoms. The fraction of sp³-hybridized carbons (Fsp3) is 0.615. The third-order valence-electron chi connectivity index (χ3n) is 3.61. The van der Waals surface area contributed by atoms with Gasteiger partial charge in [-0.1, -0.05) is 6.07 Å². The first kappa shape index (κ1) is 18.4. The molecule has 0 aromatic carbocycles. The van der Waals surface area contributed by atoms with Crippen LogP contribution in [0, 0.1) is 0 Å². The SMILES string of the molecule is CS(=O)(=O)N(CCNC(=O)Cc1cccs1)C1CCS(=O)(=O)C1. The van der Waals surface area contributed by atoms with E-state index in [2.05, 4.69) is 5.32 Å². The number of hydrogen-bond acceptors (Lipinski definition) is 6. The molecule has 1 saturated heterocycles. The zero-order valence-corrected chi connectivity index (χ0v) is 15.2. The molecule has 1 fully saturated rings. The van der Waals surface area contributed by atoms with Crippen molar-refractivity contribution in [3.05, 3.63) is 22.4 Å². The van der Waals surface area contributed by atoms with E-state index in [9.17, 15) is 21.6 Å². The number of amides is 1. The average molecular weight is 381 g/mol. The first-order chi connectivity index (χ1) is 10.7. The summed E-state index contributed by atoms with van der Waals surface area (Å²) in [7, 11) is -6.70. The second kappa shape index (κ2) is 7.29. The van der Waals surface area contributed by atoms with Crippen LogP contribution in [0.1, 0.15) is 11.3 Å². The third-order valence-corrected chi connectivity index (χ3v) is 7.57. The maximum absolute atomic E-state index is 11.9. The van der Waals surface area contributed by atoms with Gasteiger partial charge in [0.15, 0.2) is 9.84 Å². The smallest absolute Gasteiger partial charge is 0.225 e. The highest BCUT2D eigenvalue weighted by Gasteiger charge is 2.36. The molecule has 130 valence electrons. The van der Waals surface area contributed by atoms with Crippen LogP contribution >= 0.6 is 11.3 Å². The lowest BCUT2D eigenvalue weighted by atomic mass is 10.2. The summed E-state index contributed by atoms with van der Waals surface area (Å²) in [5.41, 5.74) is 0. The van der Waals surface area contributed by atoms with Gasteiger partial charge in [0, 0.05) is 24.0 Å². The van der Waals surface area contributed by atoms with Crippen LogP contribution in [0.25, 0.3) is 0 Å². The lowest BCUT2D eigenvalue weighted by Crippen LogP contribution is -2.44.